The minimum absolute atomic E-state index is 0. The molecule has 2 aliphatic carbocycles. The van der Waals surface area contributed by atoms with Crippen LogP contribution in [0, 0.1) is 12.8 Å². The van der Waals surface area contributed by atoms with Crippen molar-refractivity contribution in [2.24, 2.45) is 5.92 Å². The predicted molar refractivity (Wildman–Crippen MR) is 199 cm³/mol. The molecule has 3 heteroatoms. The van der Waals surface area contributed by atoms with Crippen molar-refractivity contribution < 1.29 is 48.0 Å². The summed E-state index contributed by atoms with van der Waals surface area (Å²) < 4.78 is 1.17. The van der Waals surface area contributed by atoms with Crippen molar-refractivity contribution in [3.05, 3.63) is 154 Å². The van der Waals surface area contributed by atoms with Gasteiger partial charge in [-0.25, -0.2) is 0 Å². The summed E-state index contributed by atoms with van der Waals surface area (Å²) in [6, 6.07) is 43.3. The van der Waals surface area contributed by atoms with E-state index in [2.05, 4.69) is 155 Å². The zero-order valence-corrected chi connectivity index (χ0v) is 32.7. The van der Waals surface area contributed by atoms with Gasteiger partial charge in [0.25, 0.3) is 0 Å². The Balaban J connectivity index is 0.00000208. The molecule has 2 aliphatic rings. The monoisotopic (exact) mass is 754 g/mol. The fourth-order valence-corrected chi connectivity index (χ4v) is 14.0. The van der Waals surface area contributed by atoms with Crippen molar-refractivity contribution in [2.75, 3.05) is 0 Å². The van der Waals surface area contributed by atoms with Gasteiger partial charge >= 0.3 is 294 Å². The molecule has 0 amide bonds. The van der Waals surface area contributed by atoms with E-state index in [0.29, 0.717) is 13.2 Å². The molecular weight excluding hydrogens is 715 g/mol. The van der Waals surface area contributed by atoms with Crippen LogP contribution in [0.5, 0.6) is 0 Å². The number of unbranched alkanes of at least 4 members (excludes halogenated alkanes) is 1. The summed E-state index contributed by atoms with van der Waals surface area (Å²) in [5.41, 5.74) is 16.5. The molecule has 0 N–H and O–H groups in total. The van der Waals surface area contributed by atoms with Crippen LogP contribution in [0.2, 0.25) is 0 Å². The van der Waals surface area contributed by atoms with Gasteiger partial charge in [0, 0.05) is 0 Å². The van der Waals surface area contributed by atoms with E-state index in [1.165, 1.54) is 79.8 Å². The Hall–Kier alpha value is -3.22. The topological polar surface area (TPSA) is 0 Å². The molecule has 2 unspecified atom stereocenters. The Morgan fingerprint density at radius 3 is 1.80 bits per heavy atom. The fourth-order valence-electron chi connectivity index (χ4n) is 8.19. The van der Waals surface area contributed by atoms with Gasteiger partial charge in [0.15, 0.2) is 0 Å². The van der Waals surface area contributed by atoms with Crippen molar-refractivity contribution in [3.63, 3.8) is 0 Å². The van der Waals surface area contributed by atoms with E-state index >= 15 is 0 Å². The third kappa shape index (κ3) is 6.33. The number of hydrogen-bond acceptors (Lipinski definition) is 0. The number of hydrogen-bond donors (Lipinski definition) is 0. The molecule has 0 radical (unpaired) electrons. The Morgan fingerprint density at radius 1 is 0.592 bits per heavy atom. The van der Waals surface area contributed by atoms with Crippen LogP contribution < -0.4 is 24.8 Å². The molecule has 0 bridgehead atoms. The van der Waals surface area contributed by atoms with E-state index in [9.17, 15) is 0 Å². The molecule has 0 fully saturated rings. The second kappa shape index (κ2) is 14.9. The smallest absolute Gasteiger partial charge is 1.00 e. The van der Waals surface area contributed by atoms with Gasteiger partial charge in [0.05, 0.1) is 0 Å². The number of aryl methyl sites for hydroxylation is 1. The predicted octanol–water partition coefficient (Wildman–Crippen LogP) is 7.15. The van der Waals surface area contributed by atoms with Gasteiger partial charge in [0.2, 0.25) is 0 Å². The largest absolute Gasteiger partial charge is 1.00 e. The molecule has 49 heavy (non-hydrogen) atoms. The van der Waals surface area contributed by atoms with E-state index in [1.54, 1.807) is 22.3 Å². The van der Waals surface area contributed by atoms with Gasteiger partial charge in [-0.15, -0.1) is 0 Å². The molecule has 6 aromatic carbocycles. The molecule has 0 saturated carbocycles. The SMILES string of the molecule is CCCCC1=Cc2c(-c3cccc4ccccc34)ccc(C)c2[CH]1[Zr+2][CH]1C(C(C)C)=Cc2c(-c3cccc4ccccc34)cccc21.[Cl-].[Cl-]. The Kier molecular flexibility index (Phi) is 10.9. The minimum atomic E-state index is -1.05. The van der Waals surface area contributed by atoms with Gasteiger partial charge in [-0.2, -0.15) is 0 Å². The van der Waals surface area contributed by atoms with Gasteiger partial charge < -0.3 is 24.8 Å². The number of allylic oxidation sites excluding steroid dienone is 2. The summed E-state index contributed by atoms with van der Waals surface area (Å²) in [7, 11) is 0. The first kappa shape index (κ1) is 35.6. The number of rotatable bonds is 8. The normalized spacial score (nSPS) is 16.0. The molecule has 0 saturated heterocycles. The van der Waals surface area contributed by atoms with Crippen molar-refractivity contribution in [1.82, 2.24) is 0 Å². The van der Waals surface area contributed by atoms with E-state index in [-0.39, 0.29) is 24.8 Å². The van der Waals surface area contributed by atoms with Crippen molar-refractivity contribution >= 4 is 33.7 Å². The molecule has 2 atom stereocenters. The van der Waals surface area contributed by atoms with Gasteiger partial charge in [-0.05, 0) is 0 Å². The van der Waals surface area contributed by atoms with E-state index < -0.39 is 23.2 Å². The van der Waals surface area contributed by atoms with E-state index in [4.69, 9.17) is 0 Å². The zero-order chi connectivity index (χ0) is 32.1. The van der Waals surface area contributed by atoms with Crippen LogP contribution in [0.4, 0.5) is 0 Å². The Labute approximate surface area is 316 Å². The summed E-state index contributed by atoms with van der Waals surface area (Å²) >= 11 is -1.05. The number of benzene rings is 6. The number of fused-ring (bicyclic) bond motifs is 4. The summed E-state index contributed by atoms with van der Waals surface area (Å²) in [6.07, 6.45) is 8.95. The Bertz CT molecular complexity index is 2210. The number of halogens is 2. The molecule has 0 aromatic heterocycles. The van der Waals surface area contributed by atoms with Crippen LogP contribution in [0.3, 0.4) is 0 Å². The Morgan fingerprint density at radius 2 is 1.16 bits per heavy atom. The molecule has 0 heterocycles. The minimum Gasteiger partial charge on any atom is -1.00 e. The summed E-state index contributed by atoms with van der Waals surface area (Å²) in [6.45, 7) is 9.55. The molecule has 244 valence electrons. The van der Waals surface area contributed by atoms with E-state index in [0.717, 1.165) is 0 Å². The van der Waals surface area contributed by atoms with Crippen LogP contribution in [0.15, 0.2) is 126 Å². The maximum Gasteiger partial charge on any atom is -1.00 e. The van der Waals surface area contributed by atoms with Gasteiger partial charge in [0.1, 0.15) is 0 Å². The first-order valence-electron chi connectivity index (χ1n) is 17.4. The van der Waals surface area contributed by atoms with Crippen LogP contribution in [0.1, 0.15) is 75.1 Å². The maximum absolute atomic E-state index is 2.64. The van der Waals surface area contributed by atoms with Crippen LogP contribution in [-0.2, 0) is 23.2 Å². The standard InChI is InChI=1S/C24H23.C22H19.2ClH.Zr/c1-3-4-8-18-15-23-17(2)13-14-22(24(23)16-18)21-12-7-10-19-9-5-6-11-20(19)21;1-15(2)18-13-17-9-6-12-21(22(17)14-18)20-11-5-8-16-7-3-4-10-19(16)20;;;/h5-7,9-16H,3-4,8H2,1-2H3;3-15H,1-2H3;2*1H;/q;;;;+2/p-2. The average molecular weight is 757 g/mol. The zero-order valence-electron chi connectivity index (χ0n) is 28.7. The van der Waals surface area contributed by atoms with E-state index in [1.807, 2.05) is 0 Å². The van der Waals surface area contributed by atoms with Gasteiger partial charge in [-0.1, -0.05) is 0 Å². The average Bonchev–Trinajstić information content (AvgIpc) is 3.66. The van der Waals surface area contributed by atoms with Crippen molar-refractivity contribution in [2.45, 2.75) is 54.2 Å². The molecule has 6 aromatic rings. The van der Waals surface area contributed by atoms with Crippen LogP contribution in [-0.4, -0.2) is 0 Å². The molecular formula is C46H42Cl2Zr. The first-order valence-corrected chi connectivity index (χ1v) is 20.3. The fraction of sp³-hybridized carbons (Fsp3) is 0.217. The quantitative estimate of drug-likeness (QED) is 0.155. The second-order valence-corrected chi connectivity index (χ2v) is 17.4. The summed E-state index contributed by atoms with van der Waals surface area (Å²) in [5, 5.41) is 5.32. The van der Waals surface area contributed by atoms with Crippen molar-refractivity contribution in [1.29, 1.82) is 0 Å². The molecule has 0 spiro atoms. The molecule has 8 rings (SSSR count). The molecule has 0 nitrogen and oxygen atoms in total. The second-order valence-electron chi connectivity index (χ2n) is 13.8. The third-order valence-electron chi connectivity index (χ3n) is 10.6. The van der Waals surface area contributed by atoms with Crippen molar-refractivity contribution in [3.8, 4) is 22.3 Å². The first-order chi connectivity index (χ1) is 23.0. The van der Waals surface area contributed by atoms with Crippen LogP contribution in [0.25, 0.3) is 56.0 Å². The maximum atomic E-state index is 2.64. The third-order valence-corrected chi connectivity index (χ3v) is 15.4. The molecule has 0 aliphatic heterocycles. The van der Waals surface area contributed by atoms with Gasteiger partial charge in [-0.3, -0.25) is 0 Å². The van der Waals surface area contributed by atoms with Crippen LogP contribution >= 0.6 is 0 Å². The summed E-state index contributed by atoms with van der Waals surface area (Å²) in [5.74, 6) is 0.528. The summed E-state index contributed by atoms with van der Waals surface area (Å²) in [4.78, 5) is 0.